The van der Waals surface area contributed by atoms with Gasteiger partial charge in [-0.3, -0.25) is 0 Å². The summed E-state index contributed by atoms with van der Waals surface area (Å²) in [5.41, 5.74) is 1.28. The van der Waals surface area contributed by atoms with Crippen molar-refractivity contribution in [3.8, 4) is 5.75 Å². The van der Waals surface area contributed by atoms with Crippen molar-refractivity contribution in [1.82, 2.24) is 10.6 Å². The lowest BCUT2D eigenvalue weighted by molar-refractivity contribution is 0.241. The molecule has 4 nitrogen and oxygen atoms in total. The lowest BCUT2D eigenvalue weighted by Gasteiger charge is -2.21. The maximum Gasteiger partial charge on any atom is 0.191 e. The number of halogens is 1. The lowest BCUT2D eigenvalue weighted by atomic mass is 10.1. The Morgan fingerprint density at radius 1 is 1.32 bits per heavy atom. The molecule has 2 rings (SSSR count). The number of nitrogens with zero attached hydrogens (tertiary/aromatic N) is 1. The van der Waals surface area contributed by atoms with Crippen LogP contribution >= 0.6 is 24.0 Å². The Kier molecular flexibility index (Phi) is 8.00. The number of benzene rings is 1. The molecule has 1 aliphatic heterocycles. The number of hydrogen-bond donors (Lipinski definition) is 2. The van der Waals surface area contributed by atoms with E-state index >= 15 is 0 Å². The van der Waals surface area contributed by atoms with Gasteiger partial charge in [0.15, 0.2) is 5.96 Å². The molecular weight excluding hydrogens is 389 g/mol. The van der Waals surface area contributed by atoms with Crippen LogP contribution in [0.2, 0.25) is 0 Å². The molecule has 1 aromatic carbocycles. The van der Waals surface area contributed by atoms with Crippen LogP contribution < -0.4 is 15.4 Å². The van der Waals surface area contributed by atoms with E-state index < -0.39 is 0 Å². The Hall–Kier alpha value is -0.980. The van der Waals surface area contributed by atoms with E-state index in [1.807, 2.05) is 12.1 Å². The van der Waals surface area contributed by atoms with Gasteiger partial charge in [-0.25, -0.2) is 4.99 Å². The molecule has 0 amide bonds. The minimum Gasteiger partial charge on any atom is -0.488 e. The summed E-state index contributed by atoms with van der Waals surface area (Å²) in [5.74, 6) is 2.45. The van der Waals surface area contributed by atoms with Crippen molar-refractivity contribution < 1.29 is 4.74 Å². The van der Waals surface area contributed by atoms with Gasteiger partial charge in [0, 0.05) is 19.0 Å². The smallest absolute Gasteiger partial charge is 0.191 e. The van der Waals surface area contributed by atoms with Gasteiger partial charge in [0.05, 0.1) is 6.54 Å². The van der Waals surface area contributed by atoms with Crippen molar-refractivity contribution in [2.45, 2.75) is 46.3 Å². The third-order valence-electron chi connectivity index (χ3n) is 3.88. The molecule has 0 bridgehead atoms. The minimum atomic E-state index is 0. The zero-order valence-electron chi connectivity index (χ0n) is 13.9. The first-order chi connectivity index (χ1) is 10.1. The molecule has 5 heteroatoms. The van der Waals surface area contributed by atoms with Gasteiger partial charge in [-0.15, -0.1) is 24.0 Å². The predicted molar refractivity (Wildman–Crippen MR) is 103 cm³/mol. The van der Waals surface area contributed by atoms with E-state index in [0.29, 0.717) is 18.5 Å². The average Bonchev–Trinajstić information content (AvgIpc) is 2.87. The van der Waals surface area contributed by atoms with Crippen molar-refractivity contribution in [2.75, 3.05) is 13.1 Å². The van der Waals surface area contributed by atoms with Crippen LogP contribution in [0, 0.1) is 5.92 Å². The molecule has 2 N–H and O–H groups in total. The monoisotopic (exact) mass is 417 g/mol. The van der Waals surface area contributed by atoms with Crippen LogP contribution in [0.1, 0.15) is 33.3 Å². The van der Waals surface area contributed by atoms with Crippen LogP contribution in [0.5, 0.6) is 5.75 Å². The standard InChI is InChI=1S/C17H27N3O.HI/c1-5-18-17(20-13(4)12(2)3)19-11-15-10-14-8-6-7-9-16(14)21-15;/h6-9,12-13,15H,5,10-11H2,1-4H3,(H2,18,19,20);1H. The molecule has 1 aromatic rings. The highest BCUT2D eigenvalue weighted by molar-refractivity contribution is 14.0. The van der Waals surface area contributed by atoms with Gasteiger partial charge in [0.25, 0.3) is 0 Å². The number of fused-ring (bicyclic) bond motifs is 1. The van der Waals surface area contributed by atoms with Crippen LogP contribution in [0.25, 0.3) is 0 Å². The number of guanidine groups is 1. The Morgan fingerprint density at radius 2 is 2.05 bits per heavy atom. The van der Waals surface area contributed by atoms with Crippen molar-refractivity contribution >= 4 is 29.9 Å². The van der Waals surface area contributed by atoms with Crippen LogP contribution in [0.4, 0.5) is 0 Å². The number of para-hydroxylation sites is 1. The van der Waals surface area contributed by atoms with Crippen molar-refractivity contribution in [3.63, 3.8) is 0 Å². The van der Waals surface area contributed by atoms with Crippen LogP contribution in [0.15, 0.2) is 29.3 Å². The first kappa shape index (κ1) is 19.1. The van der Waals surface area contributed by atoms with Crippen LogP contribution in [-0.2, 0) is 6.42 Å². The van der Waals surface area contributed by atoms with Gasteiger partial charge >= 0.3 is 0 Å². The van der Waals surface area contributed by atoms with Crippen molar-refractivity contribution in [2.24, 2.45) is 10.9 Å². The van der Waals surface area contributed by atoms with Crippen molar-refractivity contribution in [1.29, 1.82) is 0 Å². The minimum absolute atomic E-state index is 0. The summed E-state index contributed by atoms with van der Waals surface area (Å²) in [6.45, 7) is 10.2. The zero-order valence-corrected chi connectivity index (χ0v) is 16.3. The summed E-state index contributed by atoms with van der Waals surface area (Å²) in [4.78, 5) is 4.67. The SMILES string of the molecule is CCNC(=NCC1Cc2ccccc2O1)NC(C)C(C)C.I. The normalized spacial score (nSPS) is 18.2. The van der Waals surface area contributed by atoms with E-state index in [4.69, 9.17) is 4.74 Å². The largest absolute Gasteiger partial charge is 0.488 e. The summed E-state index contributed by atoms with van der Waals surface area (Å²) < 4.78 is 5.93. The van der Waals surface area contributed by atoms with E-state index in [0.717, 1.165) is 24.7 Å². The molecular formula is C17H28IN3O. The molecule has 0 saturated heterocycles. The second kappa shape index (κ2) is 9.22. The molecule has 1 heterocycles. The van der Waals surface area contributed by atoms with E-state index in [1.54, 1.807) is 0 Å². The maximum absolute atomic E-state index is 5.93. The molecule has 0 aliphatic carbocycles. The molecule has 2 unspecified atom stereocenters. The highest BCUT2D eigenvalue weighted by Crippen LogP contribution is 2.28. The van der Waals surface area contributed by atoms with Crippen LogP contribution in [-0.4, -0.2) is 31.2 Å². The molecule has 0 spiro atoms. The number of hydrogen-bond acceptors (Lipinski definition) is 2. The molecule has 2 atom stereocenters. The predicted octanol–water partition coefficient (Wildman–Crippen LogP) is 3.21. The van der Waals surface area contributed by atoms with Gasteiger partial charge in [-0.05, 0) is 31.4 Å². The number of nitrogens with one attached hydrogen (secondary N) is 2. The first-order valence-electron chi connectivity index (χ1n) is 7.89. The van der Waals surface area contributed by atoms with Gasteiger partial charge in [0.2, 0.25) is 0 Å². The molecule has 1 aliphatic rings. The Labute approximate surface area is 151 Å². The third-order valence-corrected chi connectivity index (χ3v) is 3.88. The van der Waals surface area contributed by atoms with Crippen molar-refractivity contribution in [3.05, 3.63) is 29.8 Å². The topological polar surface area (TPSA) is 45.7 Å². The van der Waals surface area contributed by atoms with Gasteiger partial charge in [-0.1, -0.05) is 32.0 Å². The fourth-order valence-electron chi connectivity index (χ4n) is 2.25. The molecule has 0 saturated carbocycles. The second-order valence-electron chi connectivity index (χ2n) is 5.95. The highest BCUT2D eigenvalue weighted by Gasteiger charge is 2.22. The van der Waals surface area contributed by atoms with E-state index in [2.05, 4.69) is 55.5 Å². The molecule has 0 radical (unpaired) electrons. The Bertz CT molecular complexity index is 466. The average molecular weight is 417 g/mol. The number of rotatable bonds is 5. The molecule has 124 valence electrons. The highest BCUT2D eigenvalue weighted by atomic mass is 127. The van der Waals surface area contributed by atoms with E-state index in [-0.39, 0.29) is 30.1 Å². The molecule has 0 aromatic heterocycles. The Balaban J connectivity index is 0.00000242. The zero-order chi connectivity index (χ0) is 15.2. The maximum atomic E-state index is 5.93. The van der Waals surface area contributed by atoms with Gasteiger partial charge < -0.3 is 15.4 Å². The number of aliphatic imine (C=N–C) groups is 1. The fraction of sp³-hybridized carbons (Fsp3) is 0.588. The van der Waals surface area contributed by atoms with Crippen LogP contribution in [0.3, 0.4) is 0 Å². The Morgan fingerprint density at radius 3 is 2.68 bits per heavy atom. The van der Waals surface area contributed by atoms with E-state index in [1.165, 1.54) is 5.56 Å². The summed E-state index contributed by atoms with van der Waals surface area (Å²) in [6, 6.07) is 8.63. The molecule has 22 heavy (non-hydrogen) atoms. The second-order valence-corrected chi connectivity index (χ2v) is 5.95. The summed E-state index contributed by atoms with van der Waals surface area (Å²) in [7, 11) is 0. The van der Waals surface area contributed by atoms with E-state index in [9.17, 15) is 0 Å². The number of ether oxygens (including phenoxy) is 1. The summed E-state index contributed by atoms with van der Waals surface area (Å²) in [5, 5.41) is 6.74. The third kappa shape index (κ3) is 5.34. The van der Waals surface area contributed by atoms with Gasteiger partial charge in [0.1, 0.15) is 11.9 Å². The van der Waals surface area contributed by atoms with Gasteiger partial charge in [-0.2, -0.15) is 0 Å². The quantitative estimate of drug-likeness (QED) is 0.440. The molecule has 0 fully saturated rings. The fourth-order valence-corrected chi connectivity index (χ4v) is 2.25. The summed E-state index contributed by atoms with van der Waals surface area (Å²) >= 11 is 0. The summed E-state index contributed by atoms with van der Waals surface area (Å²) in [6.07, 6.45) is 1.09. The lowest BCUT2D eigenvalue weighted by Crippen LogP contribution is -2.44. The first-order valence-corrected chi connectivity index (χ1v) is 7.89.